The Labute approximate surface area is 345 Å². The summed E-state index contributed by atoms with van der Waals surface area (Å²) < 4.78 is 13.4. The summed E-state index contributed by atoms with van der Waals surface area (Å²) in [5.41, 5.74) is 3.17. The van der Waals surface area contributed by atoms with E-state index in [0.29, 0.717) is 56.0 Å². The number of carbonyl (C=O) groups is 4. The lowest BCUT2D eigenvalue weighted by molar-refractivity contribution is -0.117. The van der Waals surface area contributed by atoms with E-state index in [1.54, 1.807) is 77.4 Å². The van der Waals surface area contributed by atoms with Gasteiger partial charge in [0.2, 0.25) is 11.8 Å². The Morgan fingerprint density at radius 2 is 1.30 bits per heavy atom. The quantitative estimate of drug-likeness (QED) is 0.0969. The van der Waals surface area contributed by atoms with Crippen molar-refractivity contribution < 1.29 is 33.8 Å². The van der Waals surface area contributed by atoms with E-state index >= 15 is 0 Å². The first-order valence-electron chi connectivity index (χ1n) is 17.2. The first kappa shape index (κ1) is 42.3. The minimum atomic E-state index is -1.11. The van der Waals surface area contributed by atoms with Crippen LogP contribution in [0.2, 0.25) is 10.0 Å². The second kappa shape index (κ2) is 18.9. The molecule has 6 rings (SSSR count). The summed E-state index contributed by atoms with van der Waals surface area (Å²) in [6, 6.07) is 23.9. The minimum Gasteiger partial charge on any atom is -0.478 e. The van der Waals surface area contributed by atoms with Crippen LogP contribution < -0.4 is 10.6 Å². The van der Waals surface area contributed by atoms with E-state index in [1.807, 2.05) is 38.3 Å². The van der Waals surface area contributed by atoms with Crippen LogP contribution in [0.3, 0.4) is 0 Å². The van der Waals surface area contributed by atoms with Crippen LogP contribution >= 0.6 is 57.2 Å². The summed E-state index contributed by atoms with van der Waals surface area (Å²) in [5, 5.41) is 30.6. The molecule has 0 fully saturated rings. The summed E-state index contributed by atoms with van der Waals surface area (Å²) >= 11 is 16.0. The zero-order chi connectivity index (χ0) is 40.6. The maximum absolute atomic E-state index is 13.4. The summed E-state index contributed by atoms with van der Waals surface area (Å²) in [6.07, 6.45) is 1.42. The van der Waals surface area contributed by atoms with Crippen molar-refractivity contribution in [1.29, 1.82) is 0 Å². The lowest BCUT2D eigenvalue weighted by Crippen LogP contribution is -2.14. The van der Waals surface area contributed by atoms with Crippen molar-refractivity contribution >= 4 is 91.0 Å². The fourth-order valence-corrected chi connectivity index (χ4v) is 8.89. The highest BCUT2D eigenvalue weighted by molar-refractivity contribution is 7.17. The molecule has 0 spiro atoms. The van der Waals surface area contributed by atoms with Crippen molar-refractivity contribution in [3.63, 3.8) is 0 Å². The van der Waals surface area contributed by atoms with Crippen molar-refractivity contribution in [2.45, 2.75) is 51.9 Å². The van der Waals surface area contributed by atoms with E-state index in [4.69, 9.17) is 23.2 Å². The lowest BCUT2D eigenvalue weighted by atomic mass is 9.87. The van der Waals surface area contributed by atoms with Gasteiger partial charge in [0.15, 0.2) is 0 Å². The standard InChI is InChI=1S/C24H23ClFNO3S.C18H14ClNO3S2/c1-24(2,3)21-19(15-8-10-16(25)11-9-15)20(23(29)30)22(31-21)27-18(28)12-7-14-5-4-6-17(26)13-14;19-12-5-3-11(4-6-12)14-10-25-17(16(14)18(22)23)20-15(21)8-7-13-2-1-9-24-13/h4-6,8-11,13H,7,12H2,1-3H3,(H,27,28)(H,29,30);1-6,9-10H,7-8H2,(H,20,21)(H,22,23). The maximum Gasteiger partial charge on any atom is 0.339 e. The molecular weight excluding hydrogens is 815 g/mol. The second-order valence-corrected chi connectivity index (χ2v) is 17.3. The smallest absolute Gasteiger partial charge is 0.339 e. The number of halogens is 3. The monoisotopic (exact) mass is 850 g/mol. The molecule has 0 atom stereocenters. The van der Waals surface area contributed by atoms with Crippen LogP contribution in [-0.2, 0) is 27.8 Å². The van der Waals surface area contributed by atoms with Crippen molar-refractivity contribution in [3.8, 4) is 22.3 Å². The normalized spacial score (nSPS) is 11.0. The molecule has 0 saturated carbocycles. The van der Waals surface area contributed by atoms with Gasteiger partial charge in [0.1, 0.15) is 26.9 Å². The molecule has 0 radical (unpaired) electrons. The van der Waals surface area contributed by atoms with E-state index in [9.17, 15) is 33.8 Å². The summed E-state index contributed by atoms with van der Waals surface area (Å²) in [5.74, 6) is -3.06. The number of carboxylic acids is 2. The summed E-state index contributed by atoms with van der Waals surface area (Å²) in [7, 11) is 0. The number of carboxylic acid groups (broad SMARTS) is 2. The number of thiophene rings is 3. The first-order valence-corrected chi connectivity index (χ1v) is 20.6. The molecule has 290 valence electrons. The molecule has 0 unspecified atom stereocenters. The van der Waals surface area contributed by atoms with E-state index in [0.717, 1.165) is 20.9 Å². The van der Waals surface area contributed by atoms with Crippen LogP contribution in [0.1, 0.15) is 69.6 Å². The van der Waals surface area contributed by atoms with E-state index < -0.39 is 11.9 Å². The number of aryl methyl sites for hydroxylation is 2. The van der Waals surface area contributed by atoms with Crippen LogP contribution in [0.25, 0.3) is 22.3 Å². The molecule has 3 aromatic carbocycles. The maximum atomic E-state index is 13.4. The molecular formula is C42H37Cl2FN2O6S3. The topological polar surface area (TPSA) is 133 Å². The zero-order valence-corrected chi connectivity index (χ0v) is 34.4. The van der Waals surface area contributed by atoms with Gasteiger partial charge in [-0.2, -0.15) is 0 Å². The first-order chi connectivity index (χ1) is 26.6. The Hall–Kier alpha value is -4.85. The molecule has 14 heteroatoms. The summed E-state index contributed by atoms with van der Waals surface area (Å²) in [6.45, 7) is 6.00. The van der Waals surface area contributed by atoms with Crippen LogP contribution in [0.5, 0.6) is 0 Å². The average molecular weight is 852 g/mol. The fraction of sp³-hybridized carbons (Fsp3) is 0.190. The van der Waals surface area contributed by atoms with Gasteiger partial charge in [-0.1, -0.05) is 86.4 Å². The van der Waals surface area contributed by atoms with Crippen molar-refractivity contribution in [2.75, 3.05) is 10.6 Å². The van der Waals surface area contributed by atoms with Crippen LogP contribution in [0.4, 0.5) is 14.4 Å². The number of nitrogens with one attached hydrogen (secondary N) is 2. The van der Waals surface area contributed by atoms with E-state index in [1.165, 1.54) is 34.8 Å². The third-order valence-electron chi connectivity index (χ3n) is 8.31. The van der Waals surface area contributed by atoms with Crippen molar-refractivity contribution in [2.24, 2.45) is 0 Å². The molecule has 0 aliphatic carbocycles. The average Bonchev–Trinajstić information content (AvgIpc) is 3.90. The Bertz CT molecular complexity index is 2330. The van der Waals surface area contributed by atoms with Gasteiger partial charge in [-0.3, -0.25) is 9.59 Å². The van der Waals surface area contributed by atoms with Gasteiger partial charge in [0.25, 0.3) is 0 Å². The molecule has 3 aromatic heterocycles. The number of aromatic carboxylic acids is 2. The third-order valence-corrected chi connectivity index (χ3v) is 12.2. The number of rotatable bonds is 12. The molecule has 3 heterocycles. The molecule has 56 heavy (non-hydrogen) atoms. The van der Waals surface area contributed by atoms with Gasteiger partial charge in [-0.25, -0.2) is 14.0 Å². The van der Waals surface area contributed by atoms with E-state index in [2.05, 4.69) is 10.6 Å². The number of carbonyl (C=O) groups excluding carboxylic acids is 2. The molecule has 4 N–H and O–H groups in total. The predicted molar refractivity (Wildman–Crippen MR) is 227 cm³/mol. The molecule has 0 saturated heterocycles. The van der Waals surface area contributed by atoms with Crippen LogP contribution in [0, 0.1) is 5.82 Å². The lowest BCUT2D eigenvalue weighted by Gasteiger charge is -2.19. The van der Waals surface area contributed by atoms with Crippen molar-refractivity contribution in [1.82, 2.24) is 0 Å². The van der Waals surface area contributed by atoms with Gasteiger partial charge in [0.05, 0.1) is 0 Å². The van der Waals surface area contributed by atoms with Crippen molar-refractivity contribution in [3.05, 3.63) is 138 Å². The molecule has 8 nitrogen and oxygen atoms in total. The number of amides is 2. The number of anilines is 2. The highest BCUT2D eigenvalue weighted by atomic mass is 35.5. The molecule has 2 amide bonds. The van der Waals surface area contributed by atoms with Gasteiger partial charge in [-0.15, -0.1) is 34.0 Å². The van der Waals surface area contributed by atoms with Gasteiger partial charge in [-0.05, 0) is 82.8 Å². The second-order valence-electron chi connectivity index (χ2n) is 13.5. The Morgan fingerprint density at radius 1 is 0.714 bits per heavy atom. The SMILES string of the molecule is CC(C)(C)c1sc(NC(=O)CCc2cccc(F)c2)c(C(=O)O)c1-c1ccc(Cl)cc1.O=C(CCc1cccs1)Nc1scc(-c2ccc(Cl)cc2)c1C(=O)O. The van der Waals surface area contributed by atoms with Crippen LogP contribution in [0.15, 0.2) is 95.7 Å². The minimum absolute atomic E-state index is 0.0661. The molecule has 6 aromatic rings. The largest absolute Gasteiger partial charge is 0.478 e. The summed E-state index contributed by atoms with van der Waals surface area (Å²) in [4.78, 5) is 50.6. The number of hydrogen-bond donors (Lipinski definition) is 4. The number of benzene rings is 3. The number of hydrogen-bond acceptors (Lipinski definition) is 7. The molecule has 0 aliphatic heterocycles. The Balaban J connectivity index is 0.000000219. The predicted octanol–water partition coefficient (Wildman–Crippen LogP) is 12.2. The third kappa shape index (κ3) is 11.1. The molecule has 0 bridgehead atoms. The van der Waals surface area contributed by atoms with Gasteiger partial charge < -0.3 is 20.8 Å². The van der Waals surface area contributed by atoms with Gasteiger partial charge >= 0.3 is 11.9 Å². The highest BCUT2D eigenvalue weighted by Gasteiger charge is 2.31. The zero-order valence-electron chi connectivity index (χ0n) is 30.5. The van der Waals surface area contributed by atoms with Crippen LogP contribution in [-0.4, -0.2) is 34.0 Å². The fourth-order valence-electron chi connectivity index (χ4n) is 5.67. The molecule has 0 aliphatic rings. The highest BCUT2D eigenvalue weighted by Crippen LogP contribution is 2.46. The van der Waals surface area contributed by atoms with E-state index in [-0.39, 0.29) is 40.6 Å². The Kier molecular flexibility index (Phi) is 14.2. The Morgan fingerprint density at radius 3 is 1.86 bits per heavy atom. The van der Waals surface area contributed by atoms with Gasteiger partial charge in [0, 0.05) is 49.1 Å².